The van der Waals surface area contributed by atoms with Gasteiger partial charge < -0.3 is 34.7 Å². The number of aliphatic hydroxyl groups excluding tert-OH is 1. The monoisotopic (exact) mass is 625 g/mol. The fourth-order valence-corrected chi connectivity index (χ4v) is 5.64. The lowest BCUT2D eigenvalue weighted by molar-refractivity contribution is -0.276. The van der Waals surface area contributed by atoms with Gasteiger partial charge in [-0.1, -0.05) is 55.5 Å². The SMILES string of the molecule is CCOC(=O)CNC(=O)NCc1ccc(C2OC(CN3CCCC3C(=O)OC(C)(C)C)C(C)C(c3ccc(CO)cc3)O2)cc1. The van der Waals surface area contributed by atoms with E-state index in [4.69, 9.17) is 18.9 Å². The van der Waals surface area contributed by atoms with E-state index in [0.29, 0.717) is 6.54 Å². The van der Waals surface area contributed by atoms with Gasteiger partial charge in [-0.05, 0) is 63.8 Å². The number of benzene rings is 2. The van der Waals surface area contributed by atoms with Crippen molar-refractivity contribution in [2.75, 3.05) is 26.2 Å². The van der Waals surface area contributed by atoms with Crippen molar-refractivity contribution in [2.24, 2.45) is 5.92 Å². The van der Waals surface area contributed by atoms with Gasteiger partial charge in [0.1, 0.15) is 18.2 Å². The third-order valence-electron chi connectivity index (χ3n) is 7.98. The van der Waals surface area contributed by atoms with E-state index in [1.165, 1.54) is 0 Å². The van der Waals surface area contributed by atoms with Crippen LogP contribution in [0.1, 0.15) is 82.1 Å². The van der Waals surface area contributed by atoms with E-state index in [0.717, 1.165) is 41.6 Å². The van der Waals surface area contributed by atoms with E-state index in [2.05, 4.69) is 22.5 Å². The van der Waals surface area contributed by atoms with Crippen LogP contribution >= 0.6 is 0 Å². The molecule has 5 unspecified atom stereocenters. The van der Waals surface area contributed by atoms with Gasteiger partial charge in [0.05, 0.1) is 25.4 Å². The molecule has 2 saturated heterocycles. The number of esters is 2. The summed E-state index contributed by atoms with van der Waals surface area (Å²) in [6, 6.07) is 14.6. The summed E-state index contributed by atoms with van der Waals surface area (Å²) >= 11 is 0. The molecule has 0 aliphatic carbocycles. The van der Waals surface area contributed by atoms with Gasteiger partial charge >= 0.3 is 18.0 Å². The van der Waals surface area contributed by atoms with E-state index in [-0.39, 0.29) is 56.4 Å². The van der Waals surface area contributed by atoms with Crippen LogP contribution in [0.4, 0.5) is 4.79 Å². The molecule has 2 aliphatic rings. The van der Waals surface area contributed by atoms with Crippen LogP contribution in [0.3, 0.4) is 0 Å². The number of carbonyl (C=O) groups excluding carboxylic acids is 3. The van der Waals surface area contributed by atoms with Gasteiger partial charge in [-0.3, -0.25) is 14.5 Å². The summed E-state index contributed by atoms with van der Waals surface area (Å²) < 4.78 is 23.7. The Hall–Kier alpha value is -3.51. The molecule has 0 saturated carbocycles. The molecule has 2 amide bonds. The quantitative estimate of drug-likeness (QED) is 0.315. The fraction of sp³-hybridized carbons (Fsp3) is 0.559. The van der Waals surface area contributed by atoms with Crippen LogP contribution in [0.5, 0.6) is 0 Å². The number of urea groups is 1. The lowest BCUT2D eigenvalue weighted by atomic mass is 9.90. The van der Waals surface area contributed by atoms with Gasteiger partial charge in [0, 0.05) is 24.6 Å². The topological polar surface area (TPSA) is 136 Å². The predicted molar refractivity (Wildman–Crippen MR) is 167 cm³/mol. The van der Waals surface area contributed by atoms with E-state index >= 15 is 0 Å². The Morgan fingerprint density at radius 1 is 0.978 bits per heavy atom. The summed E-state index contributed by atoms with van der Waals surface area (Å²) in [5, 5.41) is 14.8. The van der Waals surface area contributed by atoms with Gasteiger partial charge in [-0.2, -0.15) is 0 Å². The van der Waals surface area contributed by atoms with Crippen LogP contribution in [-0.2, 0) is 41.7 Å². The Morgan fingerprint density at radius 3 is 2.29 bits per heavy atom. The maximum atomic E-state index is 13.0. The summed E-state index contributed by atoms with van der Waals surface area (Å²) in [5.41, 5.74) is 2.93. The van der Waals surface area contributed by atoms with Crippen molar-refractivity contribution < 1.29 is 38.4 Å². The summed E-state index contributed by atoms with van der Waals surface area (Å²) in [7, 11) is 0. The highest BCUT2D eigenvalue weighted by Gasteiger charge is 2.42. The van der Waals surface area contributed by atoms with Crippen molar-refractivity contribution in [3.63, 3.8) is 0 Å². The molecular formula is C34H47N3O8. The molecule has 2 aliphatic heterocycles. The van der Waals surface area contributed by atoms with Crippen LogP contribution in [0, 0.1) is 5.92 Å². The third kappa shape index (κ3) is 9.74. The number of aliphatic hydroxyl groups is 1. The molecule has 0 spiro atoms. The van der Waals surface area contributed by atoms with Crippen molar-refractivity contribution in [3.8, 4) is 0 Å². The molecule has 3 N–H and O–H groups in total. The zero-order valence-electron chi connectivity index (χ0n) is 26.9. The molecule has 2 heterocycles. The number of amides is 2. The van der Waals surface area contributed by atoms with Gasteiger partial charge in [0.15, 0.2) is 6.29 Å². The zero-order chi connectivity index (χ0) is 32.6. The van der Waals surface area contributed by atoms with Crippen molar-refractivity contribution in [1.29, 1.82) is 0 Å². The van der Waals surface area contributed by atoms with Crippen LogP contribution in [-0.4, -0.2) is 72.0 Å². The molecule has 45 heavy (non-hydrogen) atoms. The Morgan fingerprint density at radius 2 is 1.64 bits per heavy atom. The highest BCUT2D eigenvalue weighted by Crippen LogP contribution is 2.42. The maximum Gasteiger partial charge on any atom is 0.325 e. The van der Waals surface area contributed by atoms with E-state index in [9.17, 15) is 19.5 Å². The molecule has 2 aromatic rings. The molecule has 0 bridgehead atoms. The van der Waals surface area contributed by atoms with Crippen molar-refractivity contribution in [1.82, 2.24) is 15.5 Å². The average Bonchev–Trinajstić information content (AvgIpc) is 3.48. The van der Waals surface area contributed by atoms with Gasteiger partial charge in [0.25, 0.3) is 0 Å². The second-order valence-corrected chi connectivity index (χ2v) is 12.6. The van der Waals surface area contributed by atoms with Gasteiger partial charge in [-0.15, -0.1) is 0 Å². The number of rotatable bonds is 11. The lowest BCUT2D eigenvalue weighted by Gasteiger charge is -2.43. The molecule has 4 rings (SSSR count). The fourth-order valence-electron chi connectivity index (χ4n) is 5.64. The first kappa shape index (κ1) is 34.4. The first-order chi connectivity index (χ1) is 21.5. The average molecular weight is 626 g/mol. The van der Waals surface area contributed by atoms with Crippen LogP contribution < -0.4 is 10.6 Å². The molecule has 11 heteroatoms. The van der Waals surface area contributed by atoms with Crippen molar-refractivity contribution in [3.05, 3.63) is 70.8 Å². The molecule has 246 valence electrons. The van der Waals surface area contributed by atoms with Crippen LogP contribution in [0.15, 0.2) is 48.5 Å². The number of likely N-dealkylation sites (tertiary alicyclic amines) is 1. The Kier molecular flexibility index (Phi) is 12.0. The molecule has 0 aromatic heterocycles. The highest BCUT2D eigenvalue weighted by atomic mass is 16.7. The Bertz CT molecular complexity index is 1280. The molecule has 0 radical (unpaired) electrons. The van der Waals surface area contributed by atoms with Gasteiger partial charge in [0.2, 0.25) is 0 Å². The van der Waals surface area contributed by atoms with Crippen molar-refractivity contribution >= 4 is 18.0 Å². The number of nitrogens with zero attached hydrogens (tertiary/aromatic N) is 1. The first-order valence-corrected chi connectivity index (χ1v) is 15.7. The Balaban J connectivity index is 1.47. The smallest absolute Gasteiger partial charge is 0.325 e. The number of ether oxygens (including phenoxy) is 4. The number of carbonyl (C=O) groups is 3. The van der Waals surface area contributed by atoms with Gasteiger partial charge in [-0.25, -0.2) is 4.79 Å². The minimum atomic E-state index is -0.661. The largest absolute Gasteiger partial charge is 0.465 e. The van der Waals surface area contributed by atoms with Crippen LogP contribution in [0.25, 0.3) is 0 Å². The number of hydrogen-bond acceptors (Lipinski definition) is 9. The normalized spacial score (nSPS) is 23.7. The molecule has 11 nitrogen and oxygen atoms in total. The Labute approximate surface area is 265 Å². The molecule has 5 atom stereocenters. The van der Waals surface area contributed by atoms with Crippen LogP contribution in [0.2, 0.25) is 0 Å². The maximum absolute atomic E-state index is 13.0. The molecule has 2 aromatic carbocycles. The van der Waals surface area contributed by atoms with E-state index < -0.39 is 23.9 Å². The zero-order valence-corrected chi connectivity index (χ0v) is 26.9. The third-order valence-corrected chi connectivity index (χ3v) is 7.98. The van der Waals surface area contributed by atoms with E-state index in [1.54, 1.807) is 6.92 Å². The first-order valence-electron chi connectivity index (χ1n) is 15.7. The minimum absolute atomic E-state index is 0.0299. The second kappa shape index (κ2) is 15.7. The molecule has 2 fully saturated rings. The van der Waals surface area contributed by atoms with Crippen molar-refractivity contribution in [2.45, 2.75) is 90.8 Å². The molecular weight excluding hydrogens is 578 g/mol. The highest BCUT2D eigenvalue weighted by molar-refractivity contribution is 5.80. The van der Waals surface area contributed by atoms with E-state index in [1.807, 2.05) is 69.3 Å². The summed E-state index contributed by atoms with van der Waals surface area (Å²) in [6.07, 6.45) is 0.476. The standard InChI is InChI=1S/C34H47N3O8/c1-6-42-29(39)19-36-33(41)35-18-23-9-15-26(16-10-23)32-43-28(20-37-17-7-8-27(37)31(40)45-34(3,4)5)22(2)30(44-32)25-13-11-24(21-38)12-14-25/h9-16,22,27-28,30,32,38H,6-8,17-21H2,1-5H3,(H2,35,36,41). The summed E-state index contributed by atoms with van der Waals surface area (Å²) in [4.78, 5) is 38.8. The predicted octanol–water partition coefficient (Wildman–Crippen LogP) is 4.14. The second-order valence-electron chi connectivity index (χ2n) is 12.6. The summed E-state index contributed by atoms with van der Waals surface area (Å²) in [6.45, 7) is 11.1. The number of nitrogens with one attached hydrogen (secondary N) is 2. The lowest BCUT2D eigenvalue weighted by Crippen LogP contribution is -2.48. The summed E-state index contributed by atoms with van der Waals surface area (Å²) in [5.74, 6) is -0.728. The minimum Gasteiger partial charge on any atom is -0.465 e. The number of hydrogen-bond donors (Lipinski definition) is 3.